The number of rotatable bonds is 6. The van der Waals surface area contributed by atoms with E-state index in [1.54, 1.807) is 6.92 Å². The molecule has 0 amide bonds. The quantitative estimate of drug-likeness (QED) is 0.778. The van der Waals surface area contributed by atoms with Gasteiger partial charge >= 0.3 is 6.01 Å². The zero-order valence-corrected chi connectivity index (χ0v) is 10.1. The van der Waals surface area contributed by atoms with Crippen molar-refractivity contribution in [2.45, 2.75) is 19.8 Å². The van der Waals surface area contributed by atoms with Gasteiger partial charge in [-0.05, 0) is 6.92 Å². The molecular weight excluding hydrogens is 246 g/mol. The minimum absolute atomic E-state index is 0.376. The summed E-state index contributed by atoms with van der Waals surface area (Å²) >= 11 is 5.56. The maximum atomic E-state index is 5.56. The third-order valence-electron chi connectivity index (χ3n) is 1.96. The van der Waals surface area contributed by atoms with E-state index < -0.39 is 0 Å². The smallest absolute Gasteiger partial charge is 0.315 e. The summed E-state index contributed by atoms with van der Waals surface area (Å²) in [7, 11) is 0. The van der Waals surface area contributed by atoms with Gasteiger partial charge in [0.1, 0.15) is 0 Å². The van der Waals surface area contributed by atoms with Crippen molar-refractivity contribution in [3.8, 4) is 0 Å². The van der Waals surface area contributed by atoms with E-state index in [1.807, 2.05) is 0 Å². The van der Waals surface area contributed by atoms with Gasteiger partial charge in [-0.2, -0.15) is 4.98 Å². The Bertz CT molecular complexity index is 469. The first kappa shape index (κ1) is 11.8. The molecule has 2 heterocycles. The zero-order valence-electron chi connectivity index (χ0n) is 9.31. The lowest BCUT2D eigenvalue weighted by Gasteiger charge is -1.96. The van der Waals surface area contributed by atoms with Crippen molar-refractivity contribution >= 4 is 17.6 Å². The molecule has 0 atom stereocenters. The summed E-state index contributed by atoms with van der Waals surface area (Å²) in [6, 6.07) is 0.376. The van der Waals surface area contributed by atoms with E-state index in [9.17, 15) is 0 Å². The molecule has 0 aliphatic carbocycles. The summed E-state index contributed by atoms with van der Waals surface area (Å²) < 4.78 is 10.2. The predicted molar refractivity (Wildman–Crippen MR) is 60.0 cm³/mol. The monoisotopic (exact) mass is 257 g/mol. The van der Waals surface area contributed by atoms with Gasteiger partial charge in [-0.25, -0.2) is 0 Å². The molecule has 8 heteroatoms. The lowest BCUT2D eigenvalue weighted by molar-refractivity contribution is 0.376. The van der Waals surface area contributed by atoms with Gasteiger partial charge < -0.3 is 14.3 Å². The van der Waals surface area contributed by atoms with E-state index >= 15 is 0 Å². The Morgan fingerprint density at radius 2 is 2.12 bits per heavy atom. The third kappa shape index (κ3) is 3.42. The van der Waals surface area contributed by atoms with Crippen LogP contribution in [0.25, 0.3) is 0 Å². The van der Waals surface area contributed by atoms with E-state index in [2.05, 4.69) is 25.7 Å². The van der Waals surface area contributed by atoms with Crippen LogP contribution in [0.4, 0.5) is 6.01 Å². The minimum Gasteiger partial charge on any atom is -0.408 e. The number of aromatic nitrogens is 4. The van der Waals surface area contributed by atoms with Crippen molar-refractivity contribution in [1.82, 2.24) is 20.3 Å². The molecule has 7 nitrogen and oxygen atoms in total. The van der Waals surface area contributed by atoms with Gasteiger partial charge in [-0.15, -0.1) is 16.7 Å². The van der Waals surface area contributed by atoms with Gasteiger partial charge in [0.25, 0.3) is 0 Å². The van der Waals surface area contributed by atoms with Crippen LogP contribution in [-0.2, 0) is 12.8 Å². The number of halogens is 1. The second-order valence-electron chi connectivity index (χ2n) is 3.35. The Morgan fingerprint density at radius 1 is 1.24 bits per heavy atom. The fourth-order valence-electron chi connectivity index (χ4n) is 1.22. The number of anilines is 1. The Labute approximate surface area is 103 Å². The van der Waals surface area contributed by atoms with Crippen LogP contribution in [0.1, 0.15) is 17.6 Å². The lowest BCUT2D eigenvalue weighted by atomic mass is 10.4. The number of hydrogen-bond acceptors (Lipinski definition) is 7. The van der Waals surface area contributed by atoms with E-state index in [0.717, 1.165) is 0 Å². The van der Waals surface area contributed by atoms with Crippen LogP contribution in [-0.4, -0.2) is 32.8 Å². The van der Waals surface area contributed by atoms with E-state index in [0.29, 0.717) is 48.9 Å². The molecule has 2 aromatic rings. The zero-order chi connectivity index (χ0) is 12.1. The molecule has 17 heavy (non-hydrogen) atoms. The van der Waals surface area contributed by atoms with Crippen molar-refractivity contribution in [2.24, 2.45) is 0 Å². The fourth-order valence-corrected chi connectivity index (χ4v) is 1.39. The average molecular weight is 258 g/mol. The predicted octanol–water partition coefficient (Wildman–Crippen LogP) is 1.20. The Morgan fingerprint density at radius 3 is 2.82 bits per heavy atom. The topological polar surface area (TPSA) is 89.9 Å². The number of nitrogens with zero attached hydrogens (tertiary/aromatic N) is 4. The molecule has 2 rings (SSSR count). The Balaban J connectivity index is 1.77. The van der Waals surface area contributed by atoms with Gasteiger partial charge in [-0.3, -0.25) is 0 Å². The SMILES string of the molecule is Cc1noc(CCNc2nnc(CCCl)o2)n1. The van der Waals surface area contributed by atoms with Gasteiger partial charge in [0, 0.05) is 25.3 Å². The first-order chi connectivity index (χ1) is 8.28. The Hall–Kier alpha value is -1.63. The standard InChI is InChI=1S/C9H12ClN5O2/c1-6-12-7(17-15-6)3-5-11-9-14-13-8(16-9)2-4-10/h2-5H2,1H3,(H,11,14). The normalized spacial score (nSPS) is 10.7. The van der Waals surface area contributed by atoms with Crippen LogP contribution in [0.2, 0.25) is 0 Å². The molecule has 0 aliphatic heterocycles. The molecule has 0 spiro atoms. The molecule has 0 bridgehead atoms. The molecule has 0 radical (unpaired) electrons. The number of nitrogens with one attached hydrogen (secondary N) is 1. The first-order valence-electron chi connectivity index (χ1n) is 5.19. The van der Waals surface area contributed by atoms with E-state index in [4.69, 9.17) is 20.5 Å². The molecule has 2 aromatic heterocycles. The van der Waals surface area contributed by atoms with Gasteiger partial charge in [-0.1, -0.05) is 10.3 Å². The van der Waals surface area contributed by atoms with Crippen LogP contribution in [0.3, 0.4) is 0 Å². The van der Waals surface area contributed by atoms with Crippen LogP contribution >= 0.6 is 11.6 Å². The highest BCUT2D eigenvalue weighted by Gasteiger charge is 2.06. The van der Waals surface area contributed by atoms with Crippen molar-refractivity contribution in [1.29, 1.82) is 0 Å². The summed E-state index contributed by atoms with van der Waals surface area (Å²) in [5.41, 5.74) is 0. The maximum absolute atomic E-state index is 5.56. The second kappa shape index (κ2) is 5.62. The number of alkyl halides is 1. The van der Waals surface area contributed by atoms with E-state index in [1.165, 1.54) is 0 Å². The molecular formula is C9H12ClN5O2. The second-order valence-corrected chi connectivity index (χ2v) is 3.73. The Kier molecular flexibility index (Phi) is 3.92. The molecule has 92 valence electrons. The molecule has 0 aliphatic rings. The molecule has 0 unspecified atom stereocenters. The van der Waals surface area contributed by atoms with Crippen LogP contribution in [0.5, 0.6) is 0 Å². The van der Waals surface area contributed by atoms with Crippen LogP contribution in [0, 0.1) is 6.92 Å². The van der Waals surface area contributed by atoms with Gasteiger partial charge in [0.05, 0.1) is 0 Å². The van der Waals surface area contributed by atoms with Gasteiger partial charge in [0.15, 0.2) is 5.82 Å². The summed E-state index contributed by atoms with van der Waals surface area (Å²) in [4.78, 5) is 4.07. The lowest BCUT2D eigenvalue weighted by Crippen LogP contribution is -2.05. The van der Waals surface area contributed by atoms with Crippen LogP contribution < -0.4 is 5.32 Å². The van der Waals surface area contributed by atoms with Crippen molar-refractivity contribution < 1.29 is 8.94 Å². The largest absolute Gasteiger partial charge is 0.408 e. The molecule has 0 fully saturated rings. The molecule has 0 saturated heterocycles. The molecule has 0 aromatic carbocycles. The van der Waals surface area contributed by atoms with Gasteiger partial charge in [0.2, 0.25) is 11.8 Å². The highest BCUT2D eigenvalue weighted by molar-refractivity contribution is 6.17. The third-order valence-corrected chi connectivity index (χ3v) is 2.15. The number of aryl methyl sites for hydroxylation is 2. The summed E-state index contributed by atoms with van der Waals surface area (Å²) in [6.07, 6.45) is 1.17. The van der Waals surface area contributed by atoms with Crippen molar-refractivity contribution in [2.75, 3.05) is 17.7 Å². The fraction of sp³-hybridized carbons (Fsp3) is 0.556. The highest BCUT2D eigenvalue weighted by atomic mass is 35.5. The molecule has 0 saturated carbocycles. The maximum Gasteiger partial charge on any atom is 0.315 e. The van der Waals surface area contributed by atoms with Crippen molar-refractivity contribution in [3.05, 3.63) is 17.6 Å². The summed E-state index contributed by atoms with van der Waals surface area (Å²) in [6.45, 7) is 2.36. The first-order valence-corrected chi connectivity index (χ1v) is 5.73. The summed E-state index contributed by atoms with van der Waals surface area (Å²) in [5, 5.41) is 14.3. The van der Waals surface area contributed by atoms with Crippen molar-refractivity contribution in [3.63, 3.8) is 0 Å². The summed E-state index contributed by atoms with van der Waals surface area (Å²) in [5.74, 6) is 2.19. The average Bonchev–Trinajstić information content (AvgIpc) is 2.89. The number of hydrogen-bond donors (Lipinski definition) is 1. The van der Waals surface area contributed by atoms with Crippen LogP contribution in [0.15, 0.2) is 8.94 Å². The highest BCUT2D eigenvalue weighted by Crippen LogP contribution is 2.06. The minimum atomic E-state index is 0.376. The van der Waals surface area contributed by atoms with E-state index in [-0.39, 0.29) is 0 Å². The molecule has 1 N–H and O–H groups in total.